The lowest BCUT2D eigenvalue weighted by atomic mass is 10.2. The molecule has 0 unspecified atom stereocenters. The van der Waals surface area contributed by atoms with Crippen LogP contribution in [0.15, 0.2) is 47.5 Å². The van der Waals surface area contributed by atoms with Crippen LogP contribution in [-0.2, 0) is 11.3 Å². The normalized spacial score (nSPS) is 15.0. The Morgan fingerprint density at radius 1 is 0.971 bits per heavy atom. The number of ether oxygens (including phenoxy) is 1. The smallest absolute Gasteiger partial charge is 0.248 e. The van der Waals surface area contributed by atoms with Gasteiger partial charge in [-0.05, 0) is 42.7 Å². The molecule has 5 rings (SSSR count). The van der Waals surface area contributed by atoms with Gasteiger partial charge in [0.2, 0.25) is 5.56 Å². The lowest BCUT2D eigenvalue weighted by Crippen LogP contribution is -2.46. The molecule has 2 fully saturated rings. The number of fused-ring (bicyclic) bond motifs is 1. The maximum absolute atomic E-state index is 11.5. The van der Waals surface area contributed by atoms with Gasteiger partial charge in [0, 0.05) is 64.4 Å². The van der Waals surface area contributed by atoms with Crippen molar-refractivity contribution in [3.8, 4) is 6.07 Å². The third-order valence-electron chi connectivity index (χ3n) is 5.43. The minimum absolute atomic E-state index is 0.111. The number of piperazine rings is 1. The number of nitrogens with one attached hydrogen (secondary N) is 1. The van der Waals surface area contributed by atoms with E-state index in [0.717, 1.165) is 68.4 Å². The summed E-state index contributed by atoms with van der Waals surface area (Å²) in [6, 6.07) is 11.0. The van der Waals surface area contributed by atoms with Gasteiger partial charge >= 0.3 is 0 Å². The molecule has 35 heavy (non-hydrogen) atoms. The highest BCUT2D eigenvalue weighted by Crippen LogP contribution is 2.16. The zero-order valence-electron chi connectivity index (χ0n) is 21.5. The molecule has 2 aliphatic heterocycles. The van der Waals surface area contributed by atoms with E-state index in [1.165, 1.54) is 18.9 Å². The Morgan fingerprint density at radius 2 is 1.69 bits per heavy atom. The van der Waals surface area contributed by atoms with Gasteiger partial charge in [-0.25, -0.2) is 4.98 Å². The number of aromatic nitrogens is 3. The number of nitrogens with zero attached hydrogens (tertiary/aromatic N) is 5. The van der Waals surface area contributed by atoms with Crippen molar-refractivity contribution in [1.82, 2.24) is 19.9 Å². The standard InChI is InChI=1S/C19H18N6O.C4H8O.2C2H6/c20-10-14-1-3-18(22-11-14)25-7-5-24(6-8-25)13-15-9-17-16(21-12-15)2-4-19(26)23-17;1-2-4-5-3-1;2*1-2/h1-4,9,11-12H,5-8,13H2,(H,23,26);1-4H2;2*1-2H3. The van der Waals surface area contributed by atoms with Gasteiger partial charge in [0.15, 0.2) is 0 Å². The number of H-pyrrole nitrogens is 1. The fraction of sp³-hybridized carbons (Fsp3) is 0.481. The van der Waals surface area contributed by atoms with Gasteiger partial charge in [0.1, 0.15) is 11.9 Å². The summed E-state index contributed by atoms with van der Waals surface area (Å²) < 4.78 is 4.94. The monoisotopic (exact) mass is 478 g/mol. The lowest BCUT2D eigenvalue weighted by Gasteiger charge is -2.35. The van der Waals surface area contributed by atoms with Gasteiger partial charge in [0.05, 0.1) is 16.6 Å². The predicted molar refractivity (Wildman–Crippen MR) is 142 cm³/mol. The van der Waals surface area contributed by atoms with Gasteiger partial charge in [-0.15, -0.1) is 0 Å². The molecule has 2 saturated heterocycles. The van der Waals surface area contributed by atoms with Crippen LogP contribution in [0.3, 0.4) is 0 Å². The summed E-state index contributed by atoms with van der Waals surface area (Å²) in [7, 11) is 0. The van der Waals surface area contributed by atoms with E-state index in [2.05, 4.69) is 30.8 Å². The second kappa shape index (κ2) is 15.6. The molecule has 0 aliphatic carbocycles. The fourth-order valence-electron chi connectivity index (χ4n) is 3.71. The first-order valence-electron chi connectivity index (χ1n) is 12.6. The third-order valence-corrected chi connectivity index (χ3v) is 5.43. The Labute approximate surface area is 208 Å². The molecule has 8 heteroatoms. The second-order valence-electron chi connectivity index (χ2n) is 7.70. The van der Waals surface area contributed by atoms with E-state index in [1.807, 2.05) is 46.0 Å². The summed E-state index contributed by atoms with van der Waals surface area (Å²) in [6.45, 7) is 14.4. The molecule has 5 heterocycles. The average molecular weight is 479 g/mol. The number of hydrogen-bond donors (Lipinski definition) is 1. The molecule has 0 spiro atoms. The maximum atomic E-state index is 11.5. The van der Waals surface area contributed by atoms with Crippen molar-refractivity contribution in [2.75, 3.05) is 44.3 Å². The molecule has 0 aromatic carbocycles. The molecule has 0 bridgehead atoms. The first-order valence-corrected chi connectivity index (χ1v) is 12.6. The molecule has 0 amide bonds. The first kappa shape index (κ1) is 28.0. The van der Waals surface area contributed by atoms with E-state index < -0.39 is 0 Å². The molecule has 188 valence electrons. The zero-order valence-corrected chi connectivity index (χ0v) is 21.5. The van der Waals surface area contributed by atoms with Crippen LogP contribution < -0.4 is 10.5 Å². The van der Waals surface area contributed by atoms with Crippen LogP contribution in [0.1, 0.15) is 51.7 Å². The molecule has 2 aliphatic rings. The predicted octanol–water partition coefficient (Wildman–Crippen LogP) is 4.36. The van der Waals surface area contributed by atoms with Crippen molar-refractivity contribution >= 4 is 16.9 Å². The molecule has 0 atom stereocenters. The number of pyridine rings is 3. The van der Waals surface area contributed by atoms with Crippen LogP contribution in [0.2, 0.25) is 0 Å². The number of aromatic amines is 1. The largest absolute Gasteiger partial charge is 0.381 e. The van der Waals surface area contributed by atoms with Crippen molar-refractivity contribution in [3.63, 3.8) is 0 Å². The Hall–Kier alpha value is -3.28. The highest BCUT2D eigenvalue weighted by atomic mass is 16.5. The van der Waals surface area contributed by atoms with Crippen LogP contribution in [-0.4, -0.2) is 59.2 Å². The quantitative estimate of drug-likeness (QED) is 0.597. The molecule has 8 nitrogen and oxygen atoms in total. The van der Waals surface area contributed by atoms with E-state index in [-0.39, 0.29) is 5.56 Å². The van der Waals surface area contributed by atoms with Crippen molar-refractivity contribution in [2.45, 2.75) is 47.1 Å². The van der Waals surface area contributed by atoms with Crippen molar-refractivity contribution in [1.29, 1.82) is 5.26 Å². The van der Waals surface area contributed by atoms with E-state index in [0.29, 0.717) is 5.56 Å². The number of rotatable bonds is 3. The molecule has 3 aromatic rings. The Bertz CT molecular complexity index is 1090. The van der Waals surface area contributed by atoms with E-state index >= 15 is 0 Å². The SMILES string of the molecule is C1CCOC1.CC.CC.N#Cc1ccc(N2CCN(Cc3cnc4ccc(=O)[nH]c4c3)CC2)nc1. The topological polar surface area (TPSA) is 98.1 Å². The zero-order chi connectivity index (χ0) is 25.5. The minimum Gasteiger partial charge on any atom is -0.381 e. The van der Waals surface area contributed by atoms with E-state index in [4.69, 9.17) is 10.00 Å². The summed E-state index contributed by atoms with van der Waals surface area (Å²) in [4.78, 5) is 27.7. The molecular weight excluding hydrogens is 440 g/mol. The first-order chi connectivity index (χ1) is 17.2. The van der Waals surface area contributed by atoms with E-state index in [1.54, 1.807) is 18.3 Å². The summed E-state index contributed by atoms with van der Waals surface area (Å²) in [5, 5.41) is 8.86. The number of anilines is 1. The molecule has 1 N–H and O–H groups in total. The molecule has 0 radical (unpaired) electrons. The van der Waals surface area contributed by atoms with Crippen molar-refractivity contribution in [3.05, 3.63) is 64.2 Å². The highest BCUT2D eigenvalue weighted by molar-refractivity contribution is 5.73. The van der Waals surface area contributed by atoms with Crippen LogP contribution in [0.4, 0.5) is 5.82 Å². The Kier molecular flexibility index (Phi) is 12.5. The van der Waals surface area contributed by atoms with Crippen LogP contribution in [0, 0.1) is 11.3 Å². The lowest BCUT2D eigenvalue weighted by molar-refractivity contribution is 0.198. The van der Waals surface area contributed by atoms with Gasteiger partial charge in [-0.2, -0.15) is 5.26 Å². The molecule has 0 saturated carbocycles. The fourth-order valence-corrected chi connectivity index (χ4v) is 3.71. The van der Waals surface area contributed by atoms with Crippen LogP contribution >= 0.6 is 0 Å². The van der Waals surface area contributed by atoms with Crippen LogP contribution in [0.5, 0.6) is 0 Å². The van der Waals surface area contributed by atoms with Crippen LogP contribution in [0.25, 0.3) is 11.0 Å². The maximum Gasteiger partial charge on any atom is 0.248 e. The van der Waals surface area contributed by atoms with Gasteiger partial charge in [0.25, 0.3) is 0 Å². The average Bonchev–Trinajstić information content (AvgIpc) is 3.52. The van der Waals surface area contributed by atoms with Crippen molar-refractivity contribution in [2.24, 2.45) is 0 Å². The number of hydrogen-bond acceptors (Lipinski definition) is 7. The number of nitriles is 1. The summed E-state index contributed by atoms with van der Waals surface area (Å²) >= 11 is 0. The van der Waals surface area contributed by atoms with Gasteiger partial charge in [-0.3, -0.25) is 14.7 Å². The Morgan fingerprint density at radius 3 is 2.26 bits per heavy atom. The van der Waals surface area contributed by atoms with Gasteiger partial charge in [-0.1, -0.05) is 27.7 Å². The van der Waals surface area contributed by atoms with Gasteiger partial charge < -0.3 is 14.6 Å². The Balaban J connectivity index is 0.000000414. The summed E-state index contributed by atoms with van der Waals surface area (Å²) in [5.41, 5.74) is 3.12. The third kappa shape index (κ3) is 8.78. The second-order valence-corrected chi connectivity index (χ2v) is 7.70. The highest BCUT2D eigenvalue weighted by Gasteiger charge is 2.18. The minimum atomic E-state index is -0.111. The summed E-state index contributed by atoms with van der Waals surface area (Å²) in [5.74, 6) is 0.911. The molecule has 3 aromatic heterocycles. The van der Waals surface area contributed by atoms with E-state index in [9.17, 15) is 4.79 Å². The summed E-state index contributed by atoms with van der Waals surface area (Å²) in [6.07, 6.45) is 6.04. The molecular formula is C27H38N6O2. The van der Waals surface area contributed by atoms with Crippen molar-refractivity contribution < 1.29 is 4.74 Å².